The van der Waals surface area contributed by atoms with Crippen LogP contribution in [-0.2, 0) is 0 Å². The van der Waals surface area contributed by atoms with E-state index in [-0.39, 0.29) is 0 Å². The Labute approximate surface area is 118 Å². The molecule has 0 spiro atoms. The van der Waals surface area contributed by atoms with Gasteiger partial charge in [0, 0.05) is 16.2 Å². The van der Waals surface area contributed by atoms with Gasteiger partial charge in [-0.25, -0.2) is 0 Å². The molecule has 0 aliphatic heterocycles. The third-order valence-corrected chi connectivity index (χ3v) is 4.46. The van der Waals surface area contributed by atoms with Gasteiger partial charge in [-0.15, -0.1) is 0 Å². The maximum absolute atomic E-state index is 8.86. The number of halogens is 1. The molecule has 0 saturated heterocycles. The molecule has 2 unspecified atom stereocenters. The molecule has 2 atom stereocenters. The van der Waals surface area contributed by atoms with Gasteiger partial charge in [0.2, 0.25) is 0 Å². The lowest BCUT2D eigenvalue weighted by atomic mass is 9.96. The predicted molar refractivity (Wildman–Crippen MR) is 78.5 cm³/mol. The molecule has 0 aromatic heterocycles. The van der Waals surface area contributed by atoms with Crippen molar-refractivity contribution < 1.29 is 0 Å². The molecule has 0 radical (unpaired) electrons. The van der Waals surface area contributed by atoms with E-state index in [2.05, 4.69) is 34.2 Å². The first-order chi connectivity index (χ1) is 8.70. The van der Waals surface area contributed by atoms with Crippen molar-refractivity contribution in [2.45, 2.75) is 45.1 Å². The Hall–Kier alpha value is -1.01. The number of nitriles is 1. The van der Waals surface area contributed by atoms with Gasteiger partial charge in [-0.3, -0.25) is 0 Å². The normalized spacial score (nSPS) is 24.1. The lowest BCUT2D eigenvalue weighted by Gasteiger charge is -2.24. The van der Waals surface area contributed by atoms with Crippen LogP contribution in [0.15, 0.2) is 22.7 Å². The number of hydrogen-bond donors (Lipinski definition) is 1. The standard InChI is InChI=1S/C15H19BrN2/c1-11-5-3-2-4-6-14(11)18-15-8-7-12(10-17)9-13(15)16/h7-9,11,14,18H,2-6H2,1H3. The first-order valence-corrected chi connectivity index (χ1v) is 7.46. The van der Waals surface area contributed by atoms with Gasteiger partial charge in [0.1, 0.15) is 0 Å². The second-order valence-corrected chi connectivity index (χ2v) is 6.03. The molecule has 2 nitrogen and oxygen atoms in total. The molecule has 1 aromatic rings. The van der Waals surface area contributed by atoms with Crippen LogP contribution >= 0.6 is 15.9 Å². The maximum atomic E-state index is 8.86. The van der Waals surface area contributed by atoms with Gasteiger partial charge < -0.3 is 5.32 Å². The third-order valence-electron chi connectivity index (χ3n) is 3.80. The molecule has 1 N–H and O–H groups in total. The Morgan fingerprint density at radius 1 is 1.28 bits per heavy atom. The van der Waals surface area contributed by atoms with Gasteiger partial charge >= 0.3 is 0 Å². The molecular weight excluding hydrogens is 288 g/mol. The highest BCUT2D eigenvalue weighted by Gasteiger charge is 2.20. The van der Waals surface area contributed by atoms with E-state index >= 15 is 0 Å². The van der Waals surface area contributed by atoms with Gasteiger partial charge in [0.05, 0.1) is 11.6 Å². The van der Waals surface area contributed by atoms with E-state index in [1.165, 1.54) is 32.1 Å². The van der Waals surface area contributed by atoms with Crippen LogP contribution in [0.2, 0.25) is 0 Å². The summed E-state index contributed by atoms with van der Waals surface area (Å²) in [7, 11) is 0. The van der Waals surface area contributed by atoms with Crippen molar-refractivity contribution in [1.29, 1.82) is 5.26 Å². The maximum Gasteiger partial charge on any atom is 0.0992 e. The third kappa shape index (κ3) is 3.26. The first kappa shape index (κ1) is 13.4. The Balaban J connectivity index is 2.10. The van der Waals surface area contributed by atoms with E-state index < -0.39 is 0 Å². The minimum Gasteiger partial charge on any atom is -0.381 e. The van der Waals surface area contributed by atoms with Crippen molar-refractivity contribution in [2.75, 3.05) is 5.32 Å². The SMILES string of the molecule is CC1CCCCCC1Nc1ccc(C#N)cc1Br. The van der Waals surface area contributed by atoms with E-state index in [4.69, 9.17) is 5.26 Å². The fourth-order valence-corrected chi connectivity index (χ4v) is 3.10. The largest absolute Gasteiger partial charge is 0.381 e. The van der Waals surface area contributed by atoms with Crippen LogP contribution < -0.4 is 5.32 Å². The summed E-state index contributed by atoms with van der Waals surface area (Å²) in [5.74, 6) is 0.718. The van der Waals surface area contributed by atoms with Gasteiger partial charge in [-0.2, -0.15) is 5.26 Å². The number of hydrogen-bond acceptors (Lipinski definition) is 2. The van der Waals surface area contributed by atoms with Crippen molar-refractivity contribution in [2.24, 2.45) is 5.92 Å². The van der Waals surface area contributed by atoms with Crippen LogP contribution in [0.5, 0.6) is 0 Å². The van der Waals surface area contributed by atoms with E-state index in [0.29, 0.717) is 11.6 Å². The summed E-state index contributed by atoms with van der Waals surface area (Å²) in [5.41, 5.74) is 1.80. The van der Waals surface area contributed by atoms with E-state index in [0.717, 1.165) is 16.1 Å². The quantitative estimate of drug-likeness (QED) is 0.804. The Kier molecular flexibility index (Phi) is 4.66. The van der Waals surface area contributed by atoms with Crippen LogP contribution in [0.1, 0.15) is 44.6 Å². The molecule has 3 heteroatoms. The average molecular weight is 307 g/mol. The summed E-state index contributed by atoms with van der Waals surface area (Å²) in [6.45, 7) is 2.33. The van der Waals surface area contributed by atoms with E-state index in [1.54, 1.807) is 0 Å². The molecule has 0 amide bonds. The summed E-state index contributed by atoms with van der Waals surface area (Å²) in [5, 5.41) is 12.5. The molecule has 1 fully saturated rings. The number of nitrogens with one attached hydrogen (secondary N) is 1. The first-order valence-electron chi connectivity index (χ1n) is 6.67. The topological polar surface area (TPSA) is 35.8 Å². The highest BCUT2D eigenvalue weighted by atomic mass is 79.9. The van der Waals surface area contributed by atoms with Crippen LogP contribution in [-0.4, -0.2) is 6.04 Å². The molecule has 1 aliphatic carbocycles. The minimum atomic E-state index is 0.553. The van der Waals surface area contributed by atoms with Crippen molar-refractivity contribution in [1.82, 2.24) is 0 Å². The molecule has 96 valence electrons. The fourth-order valence-electron chi connectivity index (χ4n) is 2.61. The highest BCUT2D eigenvalue weighted by molar-refractivity contribution is 9.10. The van der Waals surface area contributed by atoms with Gasteiger partial charge in [-0.1, -0.05) is 26.2 Å². The summed E-state index contributed by atoms with van der Waals surface area (Å²) >= 11 is 3.54. The molecule has 2 rings (SSSR count). The van der Waals surface area contributed by atoms with Crippen LogP contribution in [0.25, 0.3) is 0 Å². The minimum absolute atomic E-state index is 0.553. The van der Waals surface area contributed by atoms with Crippen molar-refractivity contribution in [3.05, 3.63) is 28.2 Å². The average Bonchev–Trinajstić information content (AvgIpc) is 2.57. The molecule has 1 aromatic carbocycles. The number of benzene rings is 1. The molecule has 1 aliphatic rings. The second-order valence-electron chi connectivity index (χ2n) is 5.17. The van der Waals surface area contributed by atoms with Gasteiger partial charge in [0.15, 0.2) is 0 Å². The van der Waals surface area contributed by atoms with Crippen molar-refractivity contribution in [3.63, 3.8) is 0 Å². The van der Waals surface area contributed by atoms with Gasteiger partial charge in [0.25, 0.3) is 0 Å². The number of nitrogens with zero attached hydrogens (tertiary/aromatic N) is 1. The van der Waals surface area contributed by atoms with Crippen molar-refractivity contribution >= 4 is 21.6 Å². The molecule has 0 bridgehead atoms. The summed E-state index contributed by atoms with van der Waals surface area (Å²) < 4.78 is 0.984. The van der Waals surface area contributed by atoms with E-state index in [1.807, 2.05) is 18.2 Å². The lowest BCUT2D eigenvalue weighted by Crippen LogP contribution is -2.26. The van der Waals surface area contributed by atoms with Crippen LogP contribution in [0.4, 0.5) is 5.69 Å². The smallest absolute Gasteiger partial charge is 0.0992 e. The van der Waals surface area contributed by atoms with Crippen LogP contribution in [0.3, 0.4) is 0 Å². The lowest BCUT2D eigenvalue weighted by molar-refractivity contribution is 0.456. The molecule has 0 heterocycles. The molecule has 1 saturated carbocycles. The molecular formula is C15H19BrN2. The van der Waals surface area contributed by atoms with Crippen LogP contribution in [0, 0.1) is 17.2 Å². The van der Waals surface area contributed by atoms with Gasteiger partial charge in [-0.05, 0) is 52.9 Å². The summed E-state index contributed by atoms with van der Waals surface area (Å²) in [4.78, 5) is 0. The second kappa shape index (κ2) is 6.24. The zero-order valence-corrected chi connectivity index (χ0v) is 12.3. The Morgan fingerprint density at radius 3 is 2.78 bits per heavy atom. The number of anilines is 1. The van der Waals surface area contributed by atoms with E-state index in [9.17, 15) is 0 Å². The predicted octanol–water partition coefficient (Wildman–Crippen LogP) is 4.70. The Bertz CT molecular complexity index is 450. The summed E-state index contributed by atoms with van der Waals surface area (Å²) in [6.07, 6.45) is 6.58. The van der Waals surface area contributed by atoms with Crippen molar-refractivity contribution in [3.8, 4) is 6.07 Å². The zero-order chi connectivity index (χ0) is 13.0. The summed E-state index contributed by atoms with van der Waals surface area (Å²) in [6, 6.07) is 8.46. The molecule has 18 heavy (non-hydrogen) atoms. The monoisotopic (exact) mass is 306 g/mol. The Morgan fingerprint density at radius 2 is 2.06 bits per heavy atom. The highest BCUT2D eigenvalue weighted by Crippen LogP contribution is 2.29. The number of rotatable bonds is 2. The zero-order valence-electron chi connectivity index (χ0n) is 10.7. The fraction of sp³-hybridized carbons (Fsp3) is 0.533.